The van der Waals surface area contributed by atoms with Crippen molar-refractivity contribution in [2.24, 2.45) is 23.2 Å². The summed E-state index contributed by atoms with van der Waals surface area (Å²) in [5, 5.41) is 0. The lowest BCUT2D eigenvalue weighted by Crippen LogP contribution is -2.50. The van der Waals surface area contributed by atoms with Gasteiger partial charge in [0.1, 0.15) is 6.29 Å². The molecule has 1 atom stereocenters. The Morgan fingerprint density at radius 3 is 1.86 bits per heavy atom. The molecular weight excluding hydrogens is 240 g/mol. The van der Waals surface area contributed by atoms with E-state index >= 15 is 0 Å². The van der Waals surface area contributed by atoms with Crippen molar-refractivity contribution in [2.75, 3.05) is 0 Å². The van der Waals surface area contributed by atoms with Crippen LogP contribution in [0, 0.1) is 23.2 Å². The van der Waals surface area contributed by atoms with Crippen LogP contribution in [0.4, 0.5) is 0 Å². The van der Waals surface area contributed by atoms with E-state index in [9.17, 15) is 4.79 Å². The van der Waals surface area contributed by atoms with Crippen LogP contribution in [0.3, 0.4) is 0 Å². The molecule has 1 nitrogen and oxygen atoms in total. The largest absolute Gasteiger partial charge is 0.302 e. The summed E-state index contributed by atoms with van der Waals surface area (Å²) in [6.07, 6.45) is 9.44. The smallest absolute Gasteiger partial charge is 0.134 e. The first-order valence-corrected chi connectivity index (χ1v) is 6.73. The van der Waals surface area contributed by atoms with Gasteiger partial charge in [-0.05, 0) is 61.7 Å². The number of carbonyl (C=O) groups excluding carboxylic acids is 1. The van der Waals surface area contributed by atoms with Gasteiger partial charge in [-0.3, -0.25) is 0 Å². The van der Waals surface area contributed by atoms with Gasteiger partial charge in [-0.15, -0.1) is 0 Å². The molecule has 0 heterocycles. The zero-order valence-corrected chi connectivity index (χ0v) is 10.0. The molecule has 0 aromatic heterocycles. The topological polar surface area (TPSA) is 17.1 Å². The standard InChI is InChI=1S/C12H17BrO/c13-11(7-14)12-4-8-1-9(5-12)3-10(2-8)6-12/h7-11H,1-6H2. The van der Waals surface area contributed by atoms with Crippen LogP contribution >= 0.6 is 15.9 Å². The third-order valence-electron chi connectivity index (χ3n) is 4.79. The Balaban J connectivity index is 1.90. The van der Waals surface area contributed by atoms with Crippen LogP contribution in [-0.4, -0.2) is 11.1 Å². The summed E-state index contributed by atoms with van der Waals surface area (Å²) in [6.45, 7) is 0. The quantitative estimate of drug-likeness (QED) is 0.548. The van der Waals surface area contributed by atoms with Gasteiger partial charge in [0.25, 0.3) is 0 Å². The van der Waals surface area contributed by atoms with Gasteiger partial charge >= 0.3 is 0 Å². The minimum absolute atomic E-state index is 0.128. The maximum absolute atomic E-state index is 11.0. The number of rotatable bonds is 2. The molecule has 78 valence electrons. The summed E-state index contributed by atoms with van der Waals surface area (Å²) in [5.74, 6) is 2.84. The third-order valence-corrected chi connectivity index (χ3v) is 5.98. The molecule has 0 spiro atoms. The first kappa shape index (κ1) is 9.38. The molecule has 0 radical (unpaired) electrons. The number of hydrogen-bond acceptors (Lipinski definition) is 1. The summed E-state index contributed by atoms with van der Waals surface area (Å²) in [4.78, 5) is 11.1. The third kappa shape index (κ3) is 1.22. The average Bonchev–Trinajstić information content (AvgIpc) is 2.14. The molecule has 4 aliphatic rings. The van der Waals surface area contributed by atoms with Crippen LogP contribution in [0.5, 0.6) is 0 Å². The zero-order valence-electron chi connectivity index (χ0n) is 8.42. The van der Waals surface area contributed by atoms with Gasteiger partial charge in [0.2, 0.25) is 0 Å². The number of hydrogen-bond donors (Lipinski definition) is 0. The van der Waals surface area contributed by atoms with Crippen LogP contribution < -0.4 is 0 Å². The lowest BCUT2D eigenvalue weighted by Gasteiger charge is -2.57. The first-order valence-electron chi connectivity index (χ1n) is 5.81. The monoisotopic (exact) mass is 256 g/mol. The van der Waals surface area contributed by atoms with E-state index in [4.69, 9.17) is 0 Å². The SMILES string of the molecule is O=CC(Br)C12CC3CC(CC(C3)C1)C2. The molecule has 0 aromatic rings. The highest BCUT2D eigenvalue weighted by atomic mass is 79.9. The second-order valence-corrected chi connectivity index (χ2v) is 6.80. The van der Waals surface area contributed by atoms with Gasteiger partial charge < -0.3 is 4.79 Å². The van der Waals surface area contributed by atoms with Crippen molar-refractivity contribution in [3.63, 3.8) is 0 Å². The summed E-state index contributed by atoms with van der Waals surface area (Å²) < 4.78 is 0. The summed E-state index contributed by atoms with van der Waals surface area (Å²) in [6, 6.07) is 0. The normalized spacial score (nSPS) is 51.9. The number of halogens is 1. The Morgan fingerprint density at radius 1 is 1.07 bits per heavy atom. The lowest BCUT2D eigenvalue weighted by molar-refractivity contribution is -0.114. The van der Waals surface area contributed by atoms with Crippen molar-refractivity contribution >= 4 is 22.2 Å². The summed E-state index contributed by atoms with van der Waals surface area (Å²) >= 11 is 3.60. The maximum atomic E-state index is 11.0. The first-order chi connectivity index (χ1) is 6.72. The molecule has 4 aliphatic carbocycles. The highest BCUT2D eigenvalue weighted by molar-refractivity contribution is 9.10. The molecule has 14 heavy (non-hydrogen) atoms. The van der Waals surface area contributed by atoms with E-state index in [2.05, 4.69) is 15.9 Å². The molecule has 4 saturated carbocycles. The summed E-state index contributed by atoms with van der Waals surface area (Å²) in [7, 11) is 0. The van der Waals surface area contributed by atoms with Crippen LogP contribution in [-0.2, 0) is 4.79 Å². The average molecular weight is 257 g/mol. The van der Waals surface area contributed by atoms with Crippen molar-refractivity contribution < 1.29 is 4.79 Å². The van der Waals surface area contributed by atoms with E-state index in [-0.39, 0.29) is 4.83 Å². The van der Waals surface area contributed by atoms with Gasteiger partial charge in [0.15, 0.2) is 0 Å². The molecule has 0 amide bonds. The van der Waals surface area contributed by atoms with E-state index < -0.39 is 0 Å². The molecule has 4 bridgehead atoms. The van der Waals surface area contributed by atoms with Crippen molar-refractivity contribution in [1.29, 1.82) is 0 Å². The van der Waals surface area contributed by atoms with Crippen molar-refractivity contribution in [3.8, 4) is 0 Å². The number of carbonyl (C=O) groups is 1. The second kappa shape index (κ2) is 3.07. The molecule has 0 N–H and O–H groups in total. The van der Waals surface area contributed by atoms with Crippen molar-refractivity contribution in [3.05, 3.63) is 0 Å². The second-order valence-electron chi connectivity index (χ2n) is 5.82. The summed E-state index contributed by atoms with van der Waals surface area (Å²) in [5.41, 5.74) is 0.358. The maximum Gasteiger partial charge on any atom is 0.134 e. The minimum atomic E-state index is 0.128. The molecule has 4 fully saturated rings. The van der Waals surface area contributed by atoms with Gasteiger partial charge in [-0.2, -0.15) is 0 Å². The van der Waals surface area contributed by atoms with Crippen molar-refractivity contribution in [1.82, 2.24) is 0 Å². The van der Waals surface area contributed by atoms with Crippen LogP contribution in [0.15, 0.2) is 0 Å². The minimum Gasteiger partial charge on any atom is -0.302 e. The molecule has 0 saturated heterocycles. The Kier molecular flexibility index (Phi) is 2.06. The predicted octanol–water partition coefficient (Wildman–Crippen LogP) is 3.17. The van der Waals surface area contributed by atoms with Gasteiger partial charge in [-0.1, -0.05) is 15.9 Å². The van der Waals surface area contributed by atoms with Gasteiger partial charge in [0, 0.05) is 0 Å². The lowest BCUT2D eigenvalue weighted by atomic mass is 9.49. The van der Waals surface area contributed by atoms with Crippen LogP contribution in [0.25, 0.3) is 0 Å². The fourth-order valence-corrected chi connectivity index (χ4v) is 5.22. The molecule has 4 rings (SSSR count). The van der Waals surface area contributed by atoms with Gasteiger partial charge in [0.05, 0.1) is 4.83 Å². The Morgan fingerprint density at radius 2 is 1.50 bits per heavy atom. The Hall–Kier alpha value is 0.150. The predicted molar refractivity (Wildman–Crippen MR) is 59.4 cm³/mol. The fourth-order valence-electron chi connectivity index (χ4n) is 4.66. The van der Waals surface area contributed by atoms with E-state index in [1.54, 1.807) is 0 Å². The highest BCUT2D eigenvalue weighted by Crippen LogP contribution is 2.62. The molecule has 0 aromatic carbocycles. The number of aldehydes is 1. The highest BCUT2D eigenvalue weighted by Gasteiger charge is 2.53. The van der Waals surface area contributed by atoms with E-state index in [0.29, 0.717) is 5.41 Å². The van der Waals surface area contributed by atoms with E-state index in [0.717, 1.165) is 24.0 Å². The fraction of sp³-hybridized carbons (Fsp3) is 0.917. The molecule has 0 aliphatic heterocycles. The Bertz CT molecular complexity index is 226. The van der Waals surface area contributed by atoms with E-state index in [1.807, 2.05) is 0 Å². The van der Waals surface area contributed by atoms with E-state index in [1.165, 1.54) is 38.5 Å². The van der Waals surface area contributed by atoms with Crippen molar-refractivity contribution in [2.45, 2.75) is 43.4 Å². The zero-order chi connectivity index (χ0) is 9.76. The van der Waals surface area contributed by atoms with Gasteiger partial charge in [-0.25, -0.2) is 0 Å². The molecular formula is C12H17BrO. The van der Waals surface area contributed by atoms with Crippen LogP contribution in [0.1, 0.15) is 38.5 Å². The van der Waals surface area contributed by atoms with Crippen LogP contribution in [0.2, 0.25) is 0 Å². The molecule has 1 unspecified atom stereocenters. The molecule has 2 heteroatoms. The Labute approximate surface area is 93.8 Å². The number of alkyl halides is 1.